The van der Waals surface area contributed by atoms with Crippen LogP contribution in [-0.2, 0) is 42.7 Å². The van der Waals surface area contributed by atoms with Gasteiger partial charge in [-0.1, -0.05) is 36.4 Å². The molecule has 0 saturated heterocycles. The van der Waals surface area contributed by atoms with Crippen molar-refractivity contribution in [2.24, 2.45) is 5.92 Å². The van der Waals surface area contributed by atoms with E-state index in [0.717, 1.165) is 42.5 Å². The van der Waals surface area contributed by atoms with Gasteiger partial charge in [0.2, 0.25) is 0 Å². The van der Waals surface area contributed by atoms with Crippen molar-refractivity contribution in [2.45, 2.75) is 72.7 Å². The molecule has 5 nitrogen and oxygen atoms in total. The highest BCUT2D eigenvalue weighted by Gasteiger charge is 2.73. The average molecular weight is 744 g/mol. The molecular weight excluding hydrogens is 713 g/mol. The summed E-state index contributed by atoms with van der Waals surface area (Å²) >= 11 is 0. The smallest absolute Gasteiger partial charge is 0.349 e. The number of hydrogen-bond acceptors (Lipinski definition) is 5. The third-order valence-electron chi connectivity index (χ3n) is 9.30. The van der Waals surface area contributed by atoms with Crippen LogP contribution in [0.25, 0.3) is 0 Å². The fourth-order valence-electron chi connectivity index (χ4n) is 6.62. The lowest BCUT2D eigenvalue weighted by atomic mass is 9.75. The van der Waals surface area contributed by atoms with Crippen LogP contribution in [0.15, 0.2) is 96.2 Å². The van der Waals surface area contributed by atoms with E-state index in [-0.39, 0.29) is 60.7 Å². The van der Waals surface area contributed by atoms with Crippen LogP contribution in [-0.4, -0.2) is 31.5 Å². The number of carbonyl (C=O) groups excluding carboxylic acids is 1. The molecule has 1 saturated carbocycles. The van der Waals surface area contributed by atoms with Gasteiger partial charge < -0.3 is 4.74 Å². The van der Waals surface area contributed by atoms with E-state index in [1.165, 1.54) is 6.20 Å². The van der Waals surface area contributed by atoms with Crippen LogP contribution >= 0.6 is 0 Å². The van der Waals surface area contributed by atoms with E-state index in [1.807, 2.05) is 0 Å². The van der Waals surface area contributed by atoms with Crippen molar-refractivity contribution >= 4 is 15.6 Å². The van der Waals surface area contributed by atoms with Gasteiger partial charge in [0.25, 0.3) is 5.60 Å². The lowest BCUT2D eigenvalue weighted by Crippen LogP contribution is -2.56. The zero-order chi connectivity index (χ0) is 37.2. The predicted molar refractivity (Wildman–Crippen MR) is 166 cm³/mol. The van der Waals surface area contributed by atoms with Gasteiger partial charge in [0.15, 0.2) is 9.84 Å². The minimum Gasteiger partial charge on any atom is -0.349 e. The number of rotatable bonds is 11. The highest BCUT2D eigenvalue weighted by atomic mass is 32.2. The SMILES string of the molecule is O=C(Cc1cccnc1)CC1CCC(c2ccc(C(OCc3c(F)cccc3F)(C(F)(F)F)C(F)(F)F)cc2)(S(=O)(=O)c2ccc(F)cc2)CC1. The number of sulfone groups is 1. The number of ketones is 1. The van der Waals surface area contributed by atoms with Crippen LogP contribution in [0.2, 0.25) is 0 Å². The minimum atomic E-state index is -6.20. The molecule has 5 rings (SSSR count). The van der Waals surface area contributed by atoms with E-state index in [1.54, 1.807) is 18.3 Å². The standard InChI is InChI=1S/C36H30F9NO4S/c37-27-10-12-29(13-11-27)51(48,49)33(16-14-23(15-17-33)19-28(47)20-24-3-2-18-46-21-24)25-6-8-26(9-7-25)34(35(40,41)42,36(43,44)45)50-22-30-31(38)4-1-5-32(30)39/h1-13,18,21,23H,14-17,19-20,22H2. The summed E-state index contributed by atoms with van der Waals surface area (Å²) in [7, 11) is -4.47. The predicted octanol–water partition coefficient (Wildman–Crippen LogP) is 9.10. The maximum atomic E-state index is 14.5. The molecule has 272 valence electrons. The van der Waals surface area contributed by atoms with Crippen LogP contribution in [0.5, 0.6) is 0 Å². The Morgan fingerprint density at radius 2 is 1.39 bits per heavy atom. The zero-order valence-corrected chi connectivity index (χ0v) is 27.4. The first-order valence-corrected chi connectivity index (χ1v) is 17.1. The lowest BCUT2D eigenvalue weighted by molar-refractivity contribution is -0.392. The Kier molecular flexibility index (Phi) is 10.7. The Balaban J connectivity index is 1.52. The van der Waals surface area contributed by atoms with E-state index in [4.69, 9.17) is 0 Å². The Labute approximate surface area is 287 Å². The second kappa shape index (κ2) is 14.4. The van der Waals surface area contributed by atoms with Crippen molar-refractivity contribution in [3.8, 4) is 0 Å². The first kappa shape index (κ1) is 38.0. The number of Topliss-reactive ketones (excluding diaryl/α,β-unsaturated/α-hetero) is 1. The normalized spacial score (nSPS) is 18.8. The van der Waals surface area contributed by atoms with E-state index >= 15 is 0 Å². The van der Waals surface area contributed by atoms with Crippen molar-refractivity contribution in [1.82, 2.24) is 4.98 Å². The maximum Gasteiger partial charge on any atom is 0.430 e. The van der Waals surface area contributed by atoms with Crippen LogP contribution in [0.3, 0.4) is 0 Å². The second-order valence-corrected chi connectivity index (χ2v) is 14.7. The van der Waals surface area contributed by atoms with Gasteiger partial charge in [0.05, 0.1) is 11.5 Å². The molecule has 0 bridgehead atoms. The molecule has 0 atom stereocenters. The van der Waals surface area contributed by atoms with E-state index in [2.05, 4.69) is 9.72 Å². The molecule has 0 unspecified atom stereocenters. The van der Waals surface area contributed by atoms with Crippen molar-refractivity contribution in [1.29, 1.82) is 0 Å². The van der Waals surface area contributed by atoms with Gasteiger partial charge in [-0.3, -0.25) is 9.78 Å². The Morgan fingerprint density at radius 3 is 1.92 bits per heavy atom. The fourth-order valence-corrected chi connectivity index (χ4v) is 8.78. The largest absolute Gasteiger partial charge is 0.430 e. The molecule has 1 aliphatic rings. The van der Waals surface area contributed by atoms with Crippen molar-refractivity contribution in [3.63, 3.8) is 0 Å². The third-order valence-corrected chi connectivity index (χ3v) is 11.9. The number of nitrogens with zero attached hydrogens (tertiary/aromatic N) is 1. The molecule has 1 aromatic heterocycles. The average Bonchev–Trinajstić information content (AvgIpc) is 3.06. The fraction of sp³-hybridized carbons (Fsp3) is 0.333. The lowest BCUT2D eigenvalue weighted by Gasteiger charge is -2.41. The molecule has 0 aliphatic heterocycles. The molecule has 0 radical (unpaired) electrons. The number of halogens is 9. The van der Waals surface area contributed by atoms with Gasteiger partial charge in [-0.25, -0.2) is 21.6 Å². The Bertz CT molecular complexity index is 1910. The summed E-state index contributed by atoms with van der Waals surface area (Å²) in [6, 6.07) is 11.9. The molecule has 1 fully saturated rings. The topological polar surface area (TPSA) is 73.3 Å². The quantitative estimate of drug-likeness (QED) is 0.113. The molecule has 51 heavy (non-hydrogen) atoms. The summed E-state index contributed by atoms with van der Waals surface area (Å²) in [6.07, 6.45) is -9.13. The monoisotopic (exact) mass is 743 g/mol. The van der Waals surface area contributed by atoms with Gasteiger partial charge in [0, 0.05) is 36.4 Å². The van der Waals surface area contributed by atoms with Crippen molar-refractivity contribution < 1.29 is 57.5 Å². The van der Waals surface area contributed by atoms with Crippen LogP contribution < -0.4 is 0 Å². The first-order valence-electron chi connectivity index (χ1n) is 15.6. The van der Waals surface area contributed by atoms with Gasteiger partial charge in [-0.2, -0.15) is 26.3 Å². The highest BCUT2D eigenvalue weighted by Crippen LogP contribution is 2.55. The second-order valence-electron chi connectivity index (χ2n) is 12.4. The zero-order valence-electron chi connectivity index (χ0n) is 26.6. The molecule has 0 spiro atoms. The van der Waals surface area contributed by atoms with Gasteiger partial charge in [-0.05, 0) is 85.2 Å². The Hall–Kier alpha value is -4.24. The summed E-state index contributed by atoms with van der Waals surface area (Å²) in [5.74, 6) is -4.00. The molecule has 0 N–H and O–H groups in total. The van der Waals surface area contributed by atoms with Crippen LogP contribution in [0.4, 0.5) is 39.5 Å². The number of benzene rings is 3. The summed E-state index contributed by atoms with van der Waals surface area (Å²) in [5.41, 5.74) is -7.20. The number of aromatic nitrogens is 1. The van der Waals surface area contributed by atoms with Crippen LogP contribution in [0, 0.1) is 23.4 Å². The number of alkyl halides is 6. The van der Waals surface area contributed by atoms with Crippen molar-refractivity contribution in [3.05, 3.63) is 131 Å². The highest BCUT2D eigenvalue weighted by molar-refractivity contribution is 7.92. The van der Waals surface area contributed by atoms with Gasteiger partial charge >= 0.3 is 12.4 Å². The van der Waals surface area contributed by atoms with Crippen LogP contribution in [0.1, 0.15) is 54.4 Å². The van der Waals surface area contributed by atoms with Gasteiger partial charge in [-0.15, -0.1) is 0 Å². The summed E-state index contributed by atoms with van der Waals surface area (Å²) < 4.78 is 160. The summed E-state index contributed by atoms with van der Waals surface area (Å²) in [5, 5.41) is 0. The third kappa shape index (κ3) is 7.41. The van der Waals surface area contributed by atoms with Gasteiger partial charge in [0.1, 0.15) is 28.0 Å². The number of carbonyl (C=O) groups is 1. The molecule has 4 aromatic rings. The number of ether oxygens (including phenoxy) is 1. The summed E-state index contributed by atoms with van der Waals surface area (Å²) in [4.78, 5) is 16.5. The summed E-state index contributed by atoms with van der Waals surface area (Å²) in [6.45, 7) is -1.75. The molecule has 3 aromatic carbocycles. The molecule has 1 heterocycles. The molecular formula is C36H30F9NO4S. The molecule has 15 heteroatoms. The number of hydrogen-bond donors (Lipinski definition) is 0. The van der Waals surface area contributed by atoms with E-state index < -0.39 is 67.7 Å². The van der Waals surface area contributed by atoms with Crippen molar-refractivity contribution in [2.75, 3.05) is 0 Å². The Morgan fingerprint density at radius 1 is 0.804 bits per heavy atom. The van der Waals surface area contributed by atoms with E-state index in [0.29, 0.717) is 29.8 Å². The minimum absolute atomic E-state index is 0.0939. The number of pyridine rings is 1. The van der Waals surface area contributed by atoms with E-state index in [9.17, 15) is 52.7 Å². The molecule has 0 amide bonds. The molecule has 1 aliphatic carbocycles. The maximum absolute atomic E-state index is 14.5. The first-order chi connectivity index (χ1) is 23.9.